The van der Waals surface area contributed by atoms with Gasteiger partial charge in [0, 0.05) is 19.0 Å². The van der Waals surface area contributed by atoms with Crippen LogP contribution in [0.2, 0.25) is 0 Å². The molecule has 0 saturated heterocycles. The van der Waals surface area contributed by atoms with Crippen molar-refractivity contribution in [2.75, 3.05) is 6.54 Å². The van der Waals surface area contributed by atoms with Gasteiger partial charge >= 0.3 is 0 Å². The van der Waals surface area contributed by atoms with E-state index in [1.807, 2.05) is 4.68 Å². The van der Waals surface area contributed by atoms with Crippen molar-refractivity contribution >= 4 is 0 Å². The van der Waals surface area contributed by atoms with Crippen LogP contribution in [0, 0.1) is 0 Å². The number of hydrogen-bond acceptors (Lipinski definition) is 3. The molecule has 2 rings (SSSR count). The van der Waals surface area contributed by atoms with E-state index in [1.54, 1.807) is 6.33 Å². The standard InChI is InChI=1S/C17H26N4/c1-4-11-21-17(19-13-20-21)12-16(18-6-3)15-9-7-14(5-2)8-10-15/h7-10,13,16,18H,4-6,11-12H2,1-3H3. The molecule has 114 valence electrons. The Labute approximate surface area is 127 Å². The quantitative estimate of drug-likeness (QED) is 0.810. The summed E-state index contributed by atoms with van der Waals surface area (Å²) in [6.07, 6.45) is 4.69. The second-order valence-corrected chi connectivity index (χ2v) is 5.31. The van der Waals surface area contributed by atoms with Gasteiger partial charge in [0.05, 0.1) is 0 Å². The molecule has 0 spiro atoms. The monoisotopic (exact) mass is 286 g/mol. The van der Waals surface area contributed by atoms with Crippen LogP contribution in [0.3, 0.4) is 0 Å². The maximum atomic E-state index is 4.43. The molecule has 0 fully saturated rings. The molecule has 1 heterocycles. The molecule has 1 unspecified atom stereocenters. The average Bonchev–Trinajstić information content (AvgIpc) is 2.94. The minimum absolute atomic E-state index is 0.292. The summed E-state index contributed by atoms with van der Waals surface area (Å²) in [6.45, 7) is 8.37. The van der Waals surface area contributed by atoms with Gasteiger partial charge in [-0.3, -0.25) is 4.68 Å². The van der Waals surface area contributed by atoms with E-state index < -0.39 is 0 Å². The van der Waals surface area contributed by atoms with Crippen LogP contribution in [0.5, 0.6) is 0 Å². The molecular weight excluding hydrogens is 260 g/mol. The number of likely N-dealkylation sites (N-methyl/N-ethyl adjacent to an activating group) is 1. The Balaban J connectivity index is 2.15. The molecule has 4 nitrogen and oxygen atoms in total. The fourth-order valence-electron chi connectivity index (χ4n) is 2.57. The molecule has 0 aliphatic heterocycles. The Kier molecular flexibility index (Phi) is 5.93. The normalized spacial score (nSPS) is 12.5. The lowest BCUT2D eigenvalue weighted by atomic mass is 10.0. The number of benzene rings is 1. The van der Waals surface area contributed by atoms with Gasteiger partial charge in [-0.1, -0.05) is 45.0 Å². The van der Waals surface area contributed by atoms with Gasteiger partial charge in [-0.15, -0.1) is 0 Å². The van der Waals surface area contributed by atoms with Crippen molar-refractivity contribution in [2.45, 2.75) is 52.6 Å². The van der Waals surface area contributed by atoms with Crippen molar-refractivity contribution in [3.8, 4) is 0 Å². The first-order valence-corrected chi connectivity index (χ1v) is 7.97. The highest BCUT2D eigenvalue weighted by Gasteiger charge is 2.15. The molecule has 1 atom stereocenters. The molecule has 0 saturated carbocycles. The predicted octanol–water partition coefficient (Wildman–Crippen LogP) is 3.14. The van der Waals surface area contributed by atoms with Crippen LogP contribution in [-0.2, 0) is 19.4 Å². The first-order chi connectivity index (χ1) is 10.3. The summed E-state index contributed by atoms with van der Waals surface area (Å²) in [7, 11) is 0. The Morgan fingerprint density at radius 3 is 2.52 bits per heavy atom. The van der Waals surface area contributed by atoms with Crippen molar-refractivity contribution in [1.29, 1.82) is 0 Å². The Morgan fingerprint density at radius 1 is 1.14 bits per heavy atom. The molecule has 1 N–H and O–H groups in total. The van der Waals surface area contributed by atoms with Crippen LogP contribution in [0.25, 0.3) is 0 Å². The third-order valence-electron chi connectivity index (χ3n) is 3.76. The average molecular weight is 286 g/mol. The number of nitrogens with one attached hydrogen (secondary N) is 1. The minimum atomic E-state index is 0.292. The number of hydrogen-bond donors (Lipinski definition) is 1. The summed E-state index contributed by atoms with van der Waals surface area (Å²) >= 11 is 0. The molecule has 0 aliphatic carbocycles. The SMILES string of the molecule is CCCn1ncnc1CC(NCC)c1ccc(CC)cc1. The summed E-state index contributed by atoms with van der Waals surface area (Å²) in [4.78, 5) is 4.43. The first-order valence-electron chi connectivity index (χ1n) is 7.97. The second-order valence-electron chi connectivity index (χ2n) is 5.31. The lowest BCUT2D eigenvalue weighted by molar-refractivity contribution is 0.498. The van der Waals surface area contributed by atoms with Crippen molar-refractivity contribution in [3.63, 3.8) is 0 Å². The number of aryl methyl sites for hydroxylation is 2. The molecule has 0 radical (unpaired) electrons. The van der Waals surface area contributed by atoms with Crippen molar-refractivity contribution in [3.05, 3.63) is 47.5 Å². The predicted molar refractivity (Wildman–Crippen MR) is 86.3 cm³/mol. The second kappa shape index (κ2) is 7.93. The largest absolute Gasteiger partial charge is 0.310 e. The molecule has 1 aromatic carbocycles. The van der Waals surface area contributed by atoms with Gasteiger partial charge in [0.1, 0.15) is 12.2 Å². The number of nitrogens with zero attached hydrogens (tertiary/aromatic N) is 3. The third kappa shape index (κ3) is 4.14. The summed E-state index contributed by atoms with van der Waals surface area (Å²) in [5.41, 5.74) is 2.70. The maximum absolute atomic E-state index is 4.43. The van der Waals surface area contributed by atoms with E-state index in [-0.39, 0.29) is 0 Å². The minimum Gasteiger partial charge on any atom is -0.310 e. The highest BCUT2D eigenvalue weighted by Crippen LogP contribution is 2.18. The van der Waals surface area contributed by atoms with Crippen molar-refractivity contribution < 1.29 is 0 Å². The highest BCUT2D eigenvalue weighted by molar-refractivity contribution is 5.25. The molecule has 0 aliphatic rings. The van der Waals surface area contributed by atoms with Gasteiger partial charge < -0.3 is 5.32 Å². The number of aromatic nitrogens is 3. The van der Waals surface area contributed by atoms with E-state index in [0.29, 0.717) is 6.04 Å². The molecule has 1 aromatic heterocycles. The zero-order chi connectivity index (χ0) is 15.1. The van der Waals surface area contributed by atoms with Crippen LogP contribution >= 0.6 is 0 Å². The smallest absolute Gasteiger partial charge is 0.138 e. The topological polar surface area (TPSA) is 42.7 Å². The van der Waals surface area contributed by atoms with Crippen LogP contribution < -0.4 is 5.32 Å². The summed E-state index contributed by atoms with van der Waals surface area (Å²) in [5.74, 6) is 1.06. The van der Waals surface area contributed by atoms with Gasteiger partial charge in [-0.2, -0.15) is 5.10 Å². The van der Waals surface area contributed by atoms with Crippen LogP contribution in [0.15, 0.2) is 30.6 Å². The van der Waals surface area contributed by atoms with Crippen LogP contribution in [0.1, 0.15) is 50.2 Å². The van der Waals surface area contributed by atoms with Crippen molar-refractivity contribution in [2.24, 2.45) is 0 Å². The fourth-order valence-corrected chi connectivity index (χ4v) is 2.57. The van der Waals surface area contributed by atoms with E-state index in [0.717, 1.165) is 38.2 Å². The van der Waals surface area contributed by atoms with E-state index in [9.17, 15) is 0 Å². The summed E-state index contributed by atoms with van der Waals surface area (Å²) in [5, 5.41) is 7.88. The lowest BCUT2D eigenvalue weighted by Crippen LogP contribution is -2.24. The Hall–Kier alpha value is -1.68. The summed E-state index contributed by atoms with van der Waals surface area (Å²) in [6, 6.07) is 9.19. The van der Waals surface area contributed by atoms with E-state index in [1.165, 1.54) is 11.1 Å². The van der Waals surface area contributed by atoms with Gasteiger partial charge in [0.2, 0.25) is 0 Å². The van der Waals surface area contributed by atoms with E-state index >= 15 is 0 Å². The van der Waals surface area contributed by atoms with Crippen molar-refractivity contribution in [1.82, 2.24) is 20.1 Å². The zero-order valence-electron chi connectivity index (χ0n) is 13.3. The lowest BCUT2D eigenvalue weighted by Gasteiger charge is -2.18. The van der Waals surface area contributed by atoms with E-state index in [4.69, 9.17) is 0 Å². The molecule has 2 aromatic rings. The molecule has 21 heavy (non-hydrogen) atoms. The van der Waals surface area contributed by atoms with E-state index in [2.05, 4.69) is 60.4 Å². The zero-order valence-corrected chi connectivity index (χ0v) is 13.3. The number of rotatable bonds is 8. The molecule has 0 amide bonds. The Morgan fingerprint density at radius 2 is 1.90 bits per heavy atom. The van der Waals surface area contributed by atoms with Crippen LogP contribution in [0.4, 0.5) is 0 Å². The maximum Gasteiger partial charge on any atom is 0.138 e. The van der Waals surface area contributed by atoms with Crippen LogP contribution in [-0.4, -0.2) is 21.3 Å². The molecule has 0 bridgehead atoms. The van der Waals surface area contributed by atoms with Gasteiger partial charge in [-0.05, 0) is 30.5 Å². The van der Waals surface area contributed by atoms with Gasteiger partial charge in [0.25, 0.3) is 0 Å². The fraction of sp³-hybridized carbons (Fsp3) is 0.529. The van der Waals surface area contributed by atoms with Gasteiger partial charge in [0.15, 0.2) is 0 Å². The first kappa shape index (κ1) is 15.7. The highest BCUT2D eigenvalue weighted by atomic mass is 15.3. The summed E-state index contributed by atoms with van der Waals surface area (Å²) < 4.78 is 2.02. The molecular formula is C17H26N4. The molecule has 4 heteroatoms. The Bertz CT molecular complexity index is 530. The third-order valence-corrected chi connectivity index (χ3v) is 3.76. The van der Waals surface area contributed by atoms with Gasteiger partial charge in [-0.25, -0.2) is 4.98 Å².